The third-order valence-electron chi connectivity index (χ3n) is 4.95. The van der Waals surface area contributed by atoms with Gasteiger partial charge < -0.3 is 10.2 Å². The molecule has 24 heavy (non-hydrogen) atoms. The number of ketones is 1. The van der Waals surface area contributed by atoms with Gasteiger partial charge in [0.25, 0.3) is 5.91 Å². The minimum absolute atomic E-state index is 0. The first-order chi connectivity index (χ1) is 11.2. The number of hydrogen-bond donors (Lipinski definition) is 1. The van der Waals surface area contributed by atoms with E-state index in [-0.39, 0.29) is 24.1 Å². The summed E-state index contributed by atoms with van der Waals surface area (Å²) in [6.07, 6.45) is 5.31. The van der Waals surface area contributed by atoms with E-state index in [2.05, 4.69) is 5.32 Å². The maximum absolute atomic E-state index is 12.6. The van der Waals surface area contributed by atoms with Crippen LogP contribution in [0.2, 0.25) is 0 Å². The number of carbonyl (C=O) groups is 2. The molecule has 1 aromatic carbocycles. The van der Waals surface area contributed by atoms with Crippen LogP contribution in [-0.4, -0.2) is 42.3 Å². The van der Waals surface area contributed by atoms with Crippen molar-refractivity contribution in [3.8, 4) is 0 Å². The Morgan fingerprint density at radius 2 is 1.62 bits per heavy atom. The number of carbonyl (C=O) groups excluding carboxylic acids is 2. The van der Waals surface area contributed by atoms with Crippen LogP contribution >= 0.6 is 12.4 Å². The summed E-state index contributed by atoms with van der Waals surface area (Å²) in [7, 11) is 0. The topological polar surface area (TPSA) is 49.4 Å². The molecule has 1 N–H and O–H groups in total. The fourth-order valence-corrected chi connectivity index (χ4v) is 3.13. The summed E-state index contributed by atoms with van der Waals surface area (Å²) in [4.78, 5) is 26.1. The van der Waals surface area contributed by atoms with Gasteiger partial charge in [0.1, 0.15) is 0 Å². The predicted octanol–water partition coefficient (Wildman–Crippen LogP) is 3.31. The fraction of sp³-hybridized carbons (Fsp3) is 0.579. The number of amides is 1. The summed E-state index contributed by atoms with van der Waals surface area (Å²) in [5.41, 5.74) is 1.37. The van der Waals surface area contributed by atoms with Crippen LogP contribution in [0.25, 0.3) is 0 Å². The lowest BCUT2D eigenvalue weighted by Gasteiger charge is -2.32. The van der Waals surface area contributed by atoms with Crippen molar-refractivity contribution < 1.29 is 9.59 Å². The van der Waals surface area contributed by atoms with E-state index in [0.717, 1.165) is 38.4 Å². The molecule has 2 aliphatic rings. The third-order valence-corrected chi connectivity index (χ3v) is 4.95. The average molecular weight is 351 g/mol. The van der Waals surface area contributed by atoms with E-state index in [9.17, 15) is 9.59 Å². The molecule has 5 heteroatoms. The number of piperidine rings is 1. The van der Waals surface area contributed by atoms with Crippen molar-refractivity contribution in [3.63, 3.8) is 0 Å². The van der Waals surface area contributed by atoms with Gasteiger partial charge in [-0.3, -0.25) is 9.59 Å². The minimum atomic E-state index is 0. The van der Waals surface area contributed by atoms with Crippen molar-refractivity contribution in [1.82, 2.24) is 10.2 Å². The summed E-state index contributed by atoms with van der Waals surface area (Å²) in [5.74, 6) is 1.10. The maximum atomic E-state index is 12.6. The summed E-state index contributed by atoms with van der Waals surface area (Å²) < 4.78 is 0. The van der Waals surface area contributed by atoms with Gasteiger partial charge in [-0.2, -0.15) is 0 Å². The average Bonchev–Trinajstić information content (AvgIpc) is 3.43. The number of rotatable bonds is 6. The lowest BCUT2D eigenvalue weighted by molar-refractivity contribution is 0.0704. The van der Waals surface area contributed by atoms with Crippen molar-refractivity contribution in [1.29, 1.82) is 0 Å². The van der Waals surface area contributed by atoms with E-state index >= 15 is 0 Å². The molecule has 1 aliphatic carbocycles. The molecule has 0 spiro atoms. The lowest BCUT2D eigenvalue weighted by Crippen LogP contribution is -2.45. The van der Waals surface area contributed by atoms with Crippen LogP contribution in [0.4, 0.5) is 0 Å². The fourth-order valence-electron chi connectivity index (χ4n) is 3.13. The van der Waals surface area contributed by atoms with Gasteiger partial charge in [0.2, 0.25) is 0 Å². The first-order valence-electron chi connectivity index (χ1n) is 8.83. The molecule has 0 atom stereocenters. The summed E-state index contributed by atoms with van der Waals surface area (Å²) in [6, 6.07) is 7.65. The van der Waals surface area contributed by atoms with Gasteiger partial charge in [-0.25, -0.2) is 0 Å². The molecule has 1 aromatic rings. The van der Waals surface area contributed by atoms with E-state index in [1.807, 2.05) is 11.8 Å². The van der Waals surface area contributed by atoms with Crippen LogP contribution in [-0.2, 0) is 0 Å². The number of hydrogen-bond acceptors (Lipinski definition) is 3. The molecule has 1 aliphatic heterocycles. The van der Waals surface area contributed by atoms with Crippen molar-refractivity contribution >= 4 is 24.1 Å². The van der Waals surface area contributed by atoms with Crippen molar-refractivity contribution in [2.75, 3.05) is 19.6 Å². The van der Waals surface area contributed by atoms with Gasteiger partial charge in [-0.15, -0.1) is 12.4 Å². The predicted molar refractivity (Wildman–Crippen MR) is 98.0 cm³/mol. The van der Waals surface area contributed by atoms with Gasteiger partial charge in [-0.05, 0) is 50.3 Å². The number of Topliss-reactive ketones (excluding diaryl/α,β-unsaturated/α-hetero) is 1. The van der Waals surface area contributed by atoms with Crippen LogP contribution in [0.1, 0.15) is 59.7 Å². The highest BCUT2D eigenvalue weighted by molar-refractivity contribution is 5.98. The van der Waals surface area contributed by atoms with E-state index in [0.29, 0.717) is 23.6 Å². The molecule has 3 rings (SSSR count). The van der Waals surface area contributed by atoms with E-state index in [1.165, 1.54) is 12.8 Å². The van der Waals surface area contributed by atoms with Crippen molar-refractivity contribution in [2.45, 2.75) is 45.1 Å². The van der Waals surface area contributed by atoms with Gasteiger partial charge in [0.15, 0.2) is 5.78 Å². The summed E-state index contributed by atoms with van der Waals surface area (Å²) in [5, 5.41) is 3.63. The van der Waals surface area contributed by atoms with Gasteiger partial charge >= 0.3 is 0 Å². The summed E-state index contributed by atoms with van der Waals surface area (Å²) in [6.45, 7) is 4.63. The molecule has 2 fully saturated rings. The van der Waals surface area contributed by atoms with E-state index < -0.39 is 0 Å². The molecule has 1 heterocycles. The smallest absolute Gasteiger partial charge is 0.253 e. The van der Waals surface area contributed by atoms with Crippen LogP contribution in [0, 0.1) is 5.92 Å². The Bertz CT molecular complexity index is 561. The highest BCUT2D eigenvalue weighted by atomic mass is 35.5. The van der Waals surface area contributed by atoms with Crippen LogP contribution < -0.4 is 5.32 Å². The minimum Gasteiger partial charge on any atom is -0.339 e. The van der Waals surface area contributed by atoms with Crippen LogP contribution in [0.15, 0.2) is 24.3 Å². The highest BCUT2D eigenvalue weighted by Crippen LogP contribution is 2.28. The first-order valence-corrected chi connectivity index (χ1v) is 8.83. The number of benzene rings is 1. The molecule has 4 nitrogen and oxygen atoms in total. The van der Waals surface area contributed by atoms with Gasteiger partial charge in [-0.1, -0.05) is 19.1 Å². The van der Waals surface area contributed by atoms with E-state index in [1.54, 1.807) is 24.3 Å². The Balaban J connectivity index is 0.00000208. The molecule has 1 saturated carbocycles. The first kappa shape index (κ1) is 18.9. The maximum Gasteiger partial charge on any atom is 0.253 e. The SMILES string of the molecule is CCC(=O)c1ccc(C(=O)N2CCC(NCC3CC3)CC2)cc1.Cl. The zero-order chi connectivity index (χ0) is 16.2. The zero-order valence-electron chi connectivity index (χ0n) is 14.3. The Morgan fingerprint density at radius 3 is 2.17 bits per heavy atom. The van der Waals surface area contributed by atoms with Crippen molar-refractivity contribution in [3.05, 3.63) is 35.4 Å². The summed E-state index contributed by atoms with van der Waals surface area (Å²) >= 11 is 0. The second kappa shape index (κ2) is 8.63. The zero-order valence-corrected chi connectivity index (χ0v) is 15.1. The Hall–Kier alpha value is -1.39. The number of nitrogens with zero attached hydrogens (tertiary/aromatic N) is 1. The lowest BCUT2D eigenvalue weighted by atomic mass is 10.0. The molecule has 0 radical (unpaired) electrons. The molecule has 1 saturated heterocycles. The Morgan fingerprint density at radius 1 is 1.04 bits per heavy atom. The molecule has 0 unspecified atom stereocenters. The third kappa shape index (κ3) is 4.81. The van der Waals surface area contributed by atoms with Crippen molar-refractivity contribution in [2.24, 2.45) is 5.92 Å². The number of likely N-dealkylation sites (tertiary alicyclic amines) is 1. The standard InChI is InChI=1S/C19H26N2O2.ClH/c1-2-18(22)15-5-7-16(8-6-15)19(23)21-11-9-17(10-12-21)20-13-14-3-4-14;/h5-8,14,17,20H,2-4,9-13H2,1H3;1H. The molecule has 132 valence electrons. The van der Waals surface area contributed by atoms with Gasteiger partial charge in [0, 0.05) is 36.7 Å². The Labute approximate surface area is 150 Å². The molecular weight excluding hydrogens is 324 g/mol. The highest BCUT2D eigenvalue weighted by Gasteiger charge is 2.26. The molecule has 1 amide bonds. The van der Waals surface area contributed by atoms with Gasteiger partial charge in [0.05, 0.1) is 0 Å². The second-order valence-corrected chi connectivity index (χ2v) is 6.77. The Kier molecular flexibility index (Phi) is 6.81. The normalized spacial score (nSPS) is 18.1. The van der Waals surface area contributed by atoms with Crippen LogP contribution in [0.3, 0.4) is 0 Å². The second-order valence-electron chi connectivity index (χ2n) is 6.77. The van der Waals surface area contributed by atoms with Crippen LogP contribution in [0.5, 0.6) is 0 Å². The largest absolute Gasteiger partial charge is 0.339 e. The quantitative estimate of drug-likeness (QED) is 0.801. The molecule has 0 bridgehead atoms. The monoisotopic (exact) mass is 350 g/mol. The van der Waals surface area contributed by atoms with E-state index in [4.69, 9.17) is 0 Å². The molecular formula is C19H27ClN2O2. The molecule has 0 aromatic heterocycles. The number of halogens is 1. The number of nitrogens with one attached hydrogen (secondary N) is 1.